The molecule has 7 nitrogen and oxygen atoms in total. The van der Waals surface area contributed by atoms with E-state index in [0.717, 1.165) is 6.42 Å². The highest BCUT2D eigenvalue weighted by molar-refractivity contribution is 6.13. The zero-order chi connectivity index (χ0) is 21.3. The quantitative estimate of drug-likeness (QED) is 0.706. The summed E-state index contributed by atoms with van der Waals surface area (Å²) in [5.41, 5.74) is 1.20. The molecule has 1 saturated heterocycles. The third-order valence-electron chi connectivity index (χ3n) is 5.14. The minimum absolute atomic E-state index is 0.0470. The summed E-state index contributed by atoms with van der Waals surface area (Å²) in [7, 11) is 0. The zero-order valence-corrected chi connectivity index (χ0v) is 17.1. The Labute approximate surface area is 174 Å². The molecule has 1 aromatic heterocycles. The number of amides is 2. The largest absolute Gasteiger partial charge is 0.319 e. The van der Waals surface area contributed by atoms with Crippen molar-refractivity contribution in [2.45, 2.75) is 33.2 Å². The average Bonchev–Trinajstić information content (AvgIpc) is 3.16. The number of nitrogens with zero attached hydrogens (tertiary/aromatic N) is 3. The maximum absolute atomic E-state index is 13.2. The van der Waals surface area contributed by atoms with Crippen LogP contribution in [-0.4, -0.2) is 28.1 Å². The number of fused-ring (bicyclic) bond motifs is 1. The summed E-state index contributed by atoms with van der Waals surface area (Å²) in [4.78, 5) is 39.9. The molecule has 0 saturated carbocycles. The van der Waals surface area contributed by atoms with Gasteiger partial charge in [-0.1, -0.05) is 44.2 Å². The van der Waals surface area contributed by atoms with Gasteiger partial charge in [-0.25, -0.2) is 4.68 Å². The Hall–Kier alpha value is -3.48. The highest BCUT2D eigenvalue weighted by Crippen LogP contribution is 2.30. The van der Waals surface area contributed by atoms with Crippen LogP contribution in [0.4, 0.5) is 11.4 Å². The highest BCUT2D eigenvalue weighted by atomic mass is 16.2. The number of rotatable bonds is 5. The van der Waals surface area contributed by atoms with Gasteiger partial charge in [0.2, 0.25) is 5.91 Å². The lowest BCUT2D eigenvalue weighted by Gasteiger charge is -2.20. The number of benzene rings is 2. The van der Waals surface area contributed by atoms with E-state index in [0.29, 0.717) is 41.7 Å². The van der Waals surface area contributed by atoms with Crippen LogP contribution < -0.4 is 15.8 Å². The van der Waals surface area contributed by atoms with E-state index in [4.69, 9.17) is 0 Å². The van der Waals surface area contributed by atoms with Crippen molar-refractivity contribution < 1.29 is 9.59 Å². The summed E-state index contributed by atoms with van der Waals surface area (Å²) in [6.45, 7) is 5.04. The predicted molar refractivity (Wildman–Crippen MR) is 117 cm³/mol. The summed E-state index contributed by atoms with van der Waals surface area (Å²) in [5.74, 6) is -0.164. The maximum Gasteiger partial charge on any atom is 0.276 e. The second kappa shape index (κ2) is 8.10. The monoisotopic (exact) mass is 404 g/mol. The smallest absolute Gasteiger partial charge is 0.276 e. The zero-order valence-electron chi connectivity index (χ0n) is 17.1. The molecule has 0 radical (unpaired) electrons. The Bertz CT molecular complexity index is 1180. The van der Waals surface area contributed by atoms with E-state index in [1.54, 1.807) is 35.2 Å². The number of para-hydroxylation sites is 2. The number of anilines is 2. The van der Waals surface area contributed by atoms with E-state index in [1.807, 2.05) is 32.0 Å². The molecule has 7 heteroatoms. The molecule has 2 heterocycles. The van der Waals surface area contributed by atoms with Gasteiger partial charge in [-0.2, -0.15) is 5.10 Å². The lowest BCUT2D eigenvalue weighted by Crippen LogP contribution is -2.30. The van der Waals surface area contributed by atoms with Crippen LogP contribution in [0.3, 0.4) is 0 Å². The number of carbonyl (C=O) groups excluding carboxylic acids is 2. The normalized spacial score (nSPS) is 14.0. The van der Waals surface area contributed by atoms with Crippen LogP contribution in [0, 0.1) is 5.92 Å². The number of nitrogens with one attached hydrogen (secondary N) is 1. The van der Waals surface area contributed by atoms with Crippen molar-refractivity contribution in [2.24, 2.45) is 5.92 Å². The molecule has 154 valence electrons. The fraction of sp³-hybridized carbons (Fsp3) is 0.304. The lowest BCUT2D eigenvalue weighted by atomic mass is 10.1. The summed E-state index contributed by atoms with van der Waals surface area (Å²) in [5, 5.41) is 8.26. The van der Waals surface area contributed by atoms with Crippen molar-refractivity contribution >= 4 is 34.0 Å². The molecule has 0 atom stereocenters. The third-order valence-corrected chi connectivity index (χ3v) is 5.14. The van der Waals surface area contributed by atoms with Crippen LogP contribution in [0.5, 0.6) is 0 Å². The minimum atomic E-state index is -0.414. The van der Waals surface area contributed by atoms with Crippen LogP contribution >= 0.6 is 0 Å². The van der Waals surface area contributed by atoms with E-state index >= 15 is 0 Å². The molecule has 2 aromatic carbocycles. The molecule has 0 spiro atoms. The Morgan fingerprint density at radius 2 is 1.77 bits per heavy atom. The van der Waals surface area contributed by atoms with Crippen molar-refractivity contribution in [1.82, 2.24) is 9.78 Å². The van der Waals surface area contributed by atoms with Crippen molar-refractivity contribution in [2.75, 3.05) is 16.8 Å². The third kappa shape index (κ3) is 3.70. The standard InChI is InChI=1S/C23H24N4O3/c1-15(2)14-27-23(30)17-9-4-3-8-16(17)21(25-27)22(29)24-18-10-5-6-11-19(18)26-13-7-12-20(26)28/h3-6,8-11,15H,7,12-14H2,1-2H3,(H,24,29). The van der Waals surface area contributed by atoms with Crippen molar-refractivity contribution in [3.63, 3.8) is 0 Å². The Morgan fingerprint density at radius 1 is 1.07 bits per heavy atom. The first-order valence-electron chi connectivity index (χ1n) is 10.2. The Balaban J connectivity index is 1.75. The van der Waals surface area contributed by atoms with E-state index in [2.05, 4.69) is 10.4 Å². The molecule has 1 N–H and O–H groups in total. The molecule has 1 aliphatic heterocycles. The Morgan fingerprint density at radius 3 is 2.47 bits per heavy atom. The molecule has 2 amide bonds. The van der Waals surface area contributed by atoms with E-state index < -0.39 is 5.91 Å². The molecule has 1 fully saturated rings. The summed E-state index contributed by atoms with van der Waals surface area (Å²) >= 11 is 0. The maximum atomic E-state index is 13.2. The van der Waals surface area contributed by atoms with Gasteiger partial charge in [0, 0.05) is 24.9 Å². The van der Waals surface area contributed by atoms with Crippen LogP contribution in [0.2, 0.25) is 0 Å². The fourth-order valence-electron chi connectivity index (χ4n) is 3.77. The average molecular weight is 404 g/mol. The topological polar surface area (TPSA) is 84.3 Å². The second-order valence-corrected chi connectivity index (χ2v) is 7.90. The summed E-state index contributed by atoms with van der Waals surface area (Å²) in [6.07, 6.45) is 1.31. The minimum Gasteiger partial charge on any atom is -0.319 e. The lowest BCUT2D eigenvalue weighted by molar-refractivity contribution is -0.117. The first-order chi connectivity index (χ1) is 14.5. The summed E-state index contributed by atoms with van der Waals surface area (Å²) < 4.78 is 1.36. The molecular weight excluding hydrogens is 380 g/mol. The van der Waals surface area contributed by atoms with E-state index in [9.17, 15) is 14.4 Å². The predicted octanol–water partition coefficient (Wildman–Crippen LogP) is 3.43. The SMILES string of the molecule is CC(C)Cn1nc(C(=O)Nc2ccccc2N2CCCC2=O)c2ccccc2c1=O. The number of hydrogen-bond acceptors (Lipinski definition) is 4. The van der Waals surface area contributed by atoms with Crippen molar-refractivity contribution in [1.29, 1.82) is 0 Å². The number of hydrogen-bond donors (Lipinski definition) is 1. The van der Waals surface area contributed by atoms with Gasteiger partial charge in [-0.15, -0.1) is 0 Å². The van der Waals surface area contributed by atoms with Gasteiger partial charge in [0.25, 0.3) is 11.5 Å². The molecule has 0 unspecified atom stereocenters. The molecule has 1 aliphatic rings. The van der Waals surface area contributed by atoms with E-state index in [1.165, 1.54) is 4.68 Å². The van der Waals surface area contributed by atoms with Crippen molar-refractivity contribution in [3.05, 3.63) is 64.6 Å². The van der Waals surface area contributed by atoms with Gasteiger partial charge in [0.1, 0.15) is 0 Å². The molecule has 0 bridgehead atoms. The van der Waals surface area contributed by atoms with Gasteiger partial charge >= 0.3 is 0 Å². The van der Waals surface area contributed by atoms with Crippen LogP contribution in [-0.2, 0) is 11.3 Å². The summed E-state index contributed by atoms with van der Waals surface area (Å²) in [6, 6.07) is 14.2. The van der Waals surface area contributed by atoms with Gasteiger partial charge in [0.05, 0.1) is 16.8 Å². The van der Waals surface area contributed by atoms with E-state index in [-0.39, 0.29) is 23.1 Å². The van der Waals surface area contributed by atoms with Crippen LogP contribution in [0.1, 0.15) is 37.2 Å². The fourth-order valence-corrected chi connectivity index (χ4v) is 3.77. The first-order valence-corrected chi connectivity index (χ1v) is 10.2. The molecular formula is C23H24N4O3. The highest BCUT2D eigenvalue weighted by Gasteiger charge is 2.25. The number of carbonyl (C=O) groups is 2. The molecule has 3 aromatic rings. The van der Waals surface area contributed by atoms with Gasteiger partial charge in [0.15, 0.2) is 5.69 Å². The van der Waals surface area contributed by atoms with Gasteiger partial charge < -0.3 is 10.2 Å². The van der Waals surface area contributed by atoms with Crippen LogP contribution in [0.15, 0.2) is 53.3 Å². The number of aromatic nitrogens is 2. The Kier molecular flexibility index (Phi) is 5.35. The first kappa shape index (κ1) is 19.8. The van der Waals surface area contributed by atoms with Gasteiger partial charge in [-0.3, -0.25) is 14.4 Å². The second-order valence-electron chi connectivity index (χ2n) is 7.90. The van der Waals surface area contributed by atoms with Crippen LogP contribution in [0.25, 0.3) is 10.8 Å². The molecule has 30 heavy (non-hydrogen) atoms. The van der Waals surface area contributed by atoms with Crippen molar-refractivity contribution in [3.8, 4) is 0 Å². The molecule has 0 aliphatic carbocycles. The van der Waals surface area contributed by atoms with Gasteiger partial charge in [-0.05, 0) is 30.5 Å². The molecule has 4 rings (SSSR count).